The second-order valence-corrected chi connectivity index (χ2v) is 6.66. The summed E-state index contributed by atoms with van der Waals surface area (Å²) < 4.78 is 14.4. The van der Waals surface area contributed by atoms with Crippen LogP contribution in [0.25, 0.3) is 0 Å². The van der Waals surface area contributed by atoms with Crippen molar-refractivity contribution in [2.75, 3.05) is 13.1 Å². The number of carbonyl (C=O) groups excluding carboxylic acids is 2. The zero-order valence-corrected chi connectivity index (χ0v) is 16.0. The molecule has 1 rings (SSSR count). The summed E-state index contributed by atoms with van der Waals surface area (Å²) in [6, 6.07) is 4.62. The highest BCUT2D eigenvalue weighted by atomic mass is 79.9. The van der Waals surface area contributed by atoms with Crippen molar-refractivity contribution in [3.05, 3.63) is 34.1 Å². The number of benzene rings is 1. The Morgan fingerprint density at radius 3 is 2.46 bits per heavy atom. The first-order valence-corrected chi connectivity index (χ1v) is 9.25. The molecule has 2 amide bonds. The van der Waals surface area contributed by atoms with E-state index in [-0.39, 0.29) is 30.6 Å². The molecule has 0 heterocycles. The maximum Gasteiger partial charge on any atom is 0.222 e. The third-order valence-corrected chi connectivity index (χ3v) is 4.11. The summed E-state index contributed by atoms with van der Waals surface area (Å²) in [5.41, 5.74) is 0.436. The van der Waals surface area contributed by atoms with Gasteiger partial charge in [0.25, 0.3) is 0 Å². The first-order valence-electron chi connectivity index (χ1n) is 8.46. The Balaban J connectivity index is 2.33. The molecule has 0 aromatic heterocycles. The van der Waals surface area contributed by atoms with Gasteiger partial charge in [-0.3, -0.25) is 9.59 Å². The molecule has 1 aromatic carbocycles. The molecule has 0 aliphatic heterocycles. The number of nitrogens with zero attached hydrogens (tertiary/aromatic N) is 1. The number of halogens is 2. The summed E-state index contributed by atoms with van der Waals surface area (Å²) in [5.74, 6) is -0.410. The second-order valence-electron chi connectivity index (χ2n) is 5.75. The van der Waals surface area contributed by atoms with E-state index >= 15 is 0 Å². The fourth-order valence-corrected chi connectivity index (χ4v) is 2.83. The summed E-state index contributed by atoms with van der Waals surface area (Å²) in [6.07, 6.45) is 3.02. The smallest absolute Gasteiger partial charge is 0.222 e. The molecule has 4 nitrogen and oxygen atoms in total. The van der Waals surface area contributed by atoms with Crippen LogP contribution in [-0.4, -0.2) is 29.8 Å². The maximum absolute atomic E-state index is 13.6. The zero-order valence-electron chi connectivity index (χ0n) is 14.4. The van der Waals surface area contributed by atoms with Gasteiger partial charge in [0.15, 0.2) is 0 Å². The molecule has 134 valence electrons. The lowest BCUT2D eigenvalue weighted by molar-refractivity contribution is -0.131. The SMILES string of the molecule is CCCN(CCC)C(=O)CCCC(=O)NCc1cc(Br)ccc1F. The van der Waals surface area contributed by atoms with Crippen molar-refractivity contribution in [3.63, 3.8) is 0 Å². The molecule has 0 fully saturated rings. The number of nitrogens with one attached hydrogen (secondary N) is 1. The van der Waals surface area contributed by atoms with Crippen molar-refractivity contribution in [3.8, 4) is 0 Å². The lowest BCUT2D eigenvalue weighted by Gasteiger charge is -2.21. The minimum atomic E-state index is -0.344. The molecule has 0 unspecified atom stereocenters. The van der Waals surface area contributed by atoms with E-state index in [1.54, 1.807) is 12.1 Å². The normalized spacial score (nSPS) is 10.5. The van der Waals surface area contributed by atoms with Gasteiger partial charge < -0.3 is 10.2 Å². The van der Waals surface area contributed by atoms with Gasteiger partial charge in [-0.1, -0.05) is 29.8 Å². The first-order chi connectivity index (χ1) is 11.5. The molecule has 0 saturated carbocycles. The van der Waals surface area contributed by atoms with E-state index in [9.17, 15) is 14.0 Å². The molecule has 0 atom stereocenters. The van der Waals surface area contributed by atoms with Crippen molar-refractivity contribution < 1.29 is 14.0 Å². The monoisotopic (exact) mass is 400 g/mol. The Kier molecular flexibility index (Phi) is 9.60. The maximum atomic E-state index is 13.6. The highest BCUT2D eigenvalue weighted by Crippen LogP contribution is 2.15. The van der Waals surface area contributed by atoms with E-state index < -0.39 is 0 Å². The van der Waals surface area contributed by atoms with Crippen LogP contribution < -0.4 is 5.32 Å². The molecule has 0 spiro atoms. The Hall–Kier alpha value is -1.43. The summed E-state index contributed by atoms with van der Waals surface area (Å²) in [5, 5.41) is 2.70. The first kappa shape index (κ1) is 20.6. The number of amides is 2. The van der Waals surface area contributed by atoms with E-state index in [0.717, 1.165) is 30.4 Å². The van der Waals surface area contributed by atoms with E-state index in [2.05, 4.69) is 21.2 Å². The van der Waals surface area contributed by atoms with Crippen molar-refractivity contribution in [2.24, 2.45) is 0 Å². The fraction of sp³-hybridized carbons (Fsp3) is 0.556. The molecule has 1 N–H and O–H groups in total. The molecule has 24 heavy (non-hydrogen) atoms. The van der Waals surface area contributed by atoms with E-state index in [1.807, 2.05) is 18.7 Å². The van der Waals surface area contributed by atoms with Gasteiger partial charge in [0.05, 0.1) is 0 Å². The van der Waals surface area contributed by atoms with Crippen LogP contribution in [0.2, 0.25) is 0 Å². The van der Waals surface area contributed by atoms with Crippen molar-refractivity contribution in [2.45, 2.75) is 52.5 Å². The second kappa shape index (κ2) is 11.2. The zero-order chi connectivity index (χ0) is 17.9. The molecule has 0 bridgehead atoms. The lowest BCUT2D eigenvalue weighted by atomic mass is 10.2. The minimum absolute atomic E-state index is 0.101. The summed E-state index contributed by atoms with van der Waals surface area (Å²) >= 11 is 3.28. The van der Waals surface area contributed by atoms with Crippen LogP contribution in [-0.2, 0) is 16.1 Å². The molecular weight excluding hydrogens is 375 g/mol. The standard InChI is InChI=1S/C18H26BrFN2O2/c1-3-10-22(11-4-2)18(24)7-5-6-17(23)21-13-14-12-15(19)8-9-16(14)20/h8-9,12H,3-7,10-11,13H2,1-2H3,(H,21,23). The van der Waals surface area contributed by atoms with Gasteiger partial charge in [-0.15, -0.1) is 0 Å². The predicted molar refractivity (Wildman–Crippen MR) is 97.0 cm³/mol. The average Bonchev–Trinajstić information content (AvgIpc) is 2.55. The van der Waals surface area contributed by atoms with Crippen LogP contribution in [0.3, 0.4) is 0 Å². The number of hydrogen-bond acceptors (Lipinski definition) is 2. The van der Waals surface area contributed by atoms with Crippen LogP contribution in [0.15, 0.2) is 22.7 Å². The third-order valence-electron chi connectivity index (χ3n) is 3.62. The molecule has 0 aliphatic carbocycles. The Bertz CT molecular complexity index is 546. The van der Waals surface area contributed by atoms with Gasteiger partial charge in [-0.25, -0.2) is 4.39 Å². The van der Waals surface area contributed by atoms with Crippen LogP contribution in [0, 0.1) is 5.82 Å². The molecule has 0 aliphatic rings. The van der Waals surface area contributed by atoms with Gasteiger partial charge >= 0.3 is 0 Å². The number of carbonyl (C=O) groups is 2. The van der Waals surface area contributed by atoms with E-state index in [4.69, 9.17) is 0 Å². The third kappa shape index (κ3) is 7.43. The highest BCUT2D eigenvalue weighted by molar-refractivity contribution is 9.10. The quantitative estimate of drug-likeness (QED) is 0.644. The minimum Gasteiger partial charge on any atom is -0.352 e. The van der Waals surface area contributed by atoms with Crippen LogP contribution in [0.1, 0.15) is 51.5 Å². The topological polar surface area (TPSA) is 49.4 Å². The summed E-state index contributed by atoms with van der Waals surface area (Å²) in [6.45, 7) is 5.77. The van der Waals surface area contributed by atoms with Crippen molar-refractivity contribution in [1.82, 2.24) is 10.2 Å². The Morgan fingerprint density at radius 1 is 1.17 bits per heavy atom. The molecule has 6 heteroatoms. The number of rotatable bonds is 10. The molecular formula is C18H26BrFN2O2. The Labute approximate surface area is 151 Å². The van der Waals surface area contributed by atoms with Crippen molar-refractivity contribution >= 4 is 27.7 Å². The predicted octanol–water partition coefficient (Wildman–Crippen LogP) is 4.02. The largest absolute Gasteiger partial charge is 0.352 e. The molecule has 0 saturated heterocycles. The fourth-order valence-electron chi connectivity index (χ4n) is 2.42. The van der Waals surface area contributed by atoms with Gasteiger partial charge in [0.2, 0.25) is 11.8 Å². The van der Waals surface area contributed by atoms with Gasteiger partial charge in [0, 0.05) is 42.5 Å². The molecule has 1 aromatic rings. The molecule has 0 radical (unpaired) electrons. The van der Waals surface area contributed by atoms with Crippen LogP contribution in [0.5, 0.6) is 0 Å². The van der Waals surface area contributed by atoms with Crippen molar-refractivity contribution in [1.29, 1.82) is 0 Å². The van der Waals surface area contributed by atoms with Gasteiger partial charge in [0.1, 0.15) is 5.82 Å². The van der Waals surface area contributed by atoms with Gasteiger partial charge in [-0.05, 0) is 37.5 Å². The lowest BCUT2D eigenvalue weighted by Crippen LogP contribution is -2.32. The van der Waals surface area contributed by atoms with E-state index in [0.29, 0.717) is 18.4 Å². The summed E-state index contributed by atoms with van der Waals surface area (Å²) in [4.78, 5) is 25.8. The van der Waals surface area contributed by atoms with E-state index in [1.165, 1.54) is 6.07 Å². The highest BCUT2D eigenvalue weighted by Gasteiger charge is 2.12. The number of hydrogen-bond donors (Lipinski definition) is 1. The average molecular weight is 401 g/mol. The van der Waals surface area contributed by atoms with Crippen LogP contribution in [0.4, 0.5) is 4.39 Å². The van der Waals surface area contributed by atoms with Crippen LogP contribution >= 0.6 is 15.9 Å². The Morgan fingerprint density at radius 2 is 1.83 bits per heavy atom. The van der Waals surface area contributed by atoms with Gasteiger partial charge in [-0.2, -0.15) is 0 Å². The summed E-state index contributed by atoms with van der Waals surface area (Å²) in [7, 11) is 0.